The van der Waals surface area contributed by atoms with Crippen LogP contribution in [0, 0.1) is 0 Å². The predicted octanol–water partition coefficient (Wildman–Crippen LogP) is 8.71. The van der Waals surface area contributed by atoms with Crippen molar-refractivity contribution in [1.29, 1.82) is 0 Å². The van der Waals surface area contributed by atoms with Gasteiger partial charge in [0.05, 0.1) is 35.1 Å². The quantitative estimate of drug-likeness (QED) is 0.0953. The number of hydrogen-bond donors (Lipinski definition) is 2. The van der Waals surface area contributed by atoms with Gasteiger partial charge < -0.3 is 19.4 Å². The number of anilines is 2. The van der Waals surface area contributed by atoms with Gasteiger partial charge in [0, 0.05) is 31.6 Å². The maximum absolute atomic E-state index is 14.4. The molecule has 4 aromatic rings. The van der Waals surface area contributed by atoms with E-state index in [-0.39, 0.29) is 22.7 Å². The van der Waals surface area contributed by atoms with Crippen LogP contribution in [0.2, 0.25) is 10.0 Å². The Kier molecular flexibility index (Phi) is 10.2. The summed E-state index contributed by atoms with van der Waals surface area (Å²) >= 11 is 18.2. The van der Waals surface area contributed by atoms with Crippen LogP contribution in [0.3, 0.4) is 0 Å². The van der Waals surface area contributed by atoms with E-state index in [0.717, 1.165) is 16.5 Å². The molecule has 0 fully saturated rings. The van der Waals surface area contributed by atoms with Gasteiger partial charge >= 0.3 is 19.2 Å². The lowest BCUT2D eigenvalue weighted by molar-refractivity contribution is -0.137. The normalized spacial score (nSPS) is 11.9. The number of thioether (sulfide) groups is 1. The van der Waals surface area contributed by atoms with Crippen molar-refractivity contribution in [1.82, 2.24) is 4.98 Å². The largest absolute Gasteiger partial charge is 0.468 e. The van der Waals surface area contributed by atoms with Crippen molar-refractivity contribution in [2.45, 2.75) is 17.1 Å². The summed E-state index contributed by atoms with van der Waals surface area (Å²) in [6.07, 6.45) is 0. The lowest BCUT2D eigenvalue weighted by atomic mass is 10.1. The number of carbonyl (C=O) groups is 1. The summed E-state index contributed by atoms with van der Waals surface area (Å²) in [5, 5.41) is 3.11. The summed E-state index contributed by atoms with van der Waals surface area (Å²) in [6.45, 7) is 0.161. The number of nitrogens with zero attached hydrogens (tertiary/aromatic N) is 2. The number of halogens is 5. The number of alkyl halides is 2. The van der Waals surface area contributed by atoms with Crippen LogP contribution < -0.4 is 4.90 Å². The van der Waals surface area contributed by atoms with Crippen LogP contribution in [0.5, 0.6) is 0 Å². The van der Waals surface area contributed by atoms with Crippen molar-refractivity contribution in [3.63, 3.8) is 0 Å². The number of esters is 1. The molecule has 0 aliphatic rings. The molecule has 41 heavy (non-hydrogen) atoms. The van der Waals surface area contributed by atoms with E-state index < -0.39 is 18.8 Å². The van der Waals surface area contributed by atoms with E-state index in [1.165, 1.54) is 42.3 Å². The molecular weight excluding hydrogens is 704 g/mol. The minimum atomic E-state index is -5.74. The Bertz CT molecular complexity index is 1620. The van der Waals surface area contributed by atoms with Gasteiger partial charge in [-0.15, -0.1) is 23.1 Å². The first kappa shape index (κ1) is 31.9. The Morgan fingerprint density at radius 2 is 1.83 bits per heavy atom. The van der Waals surface area contributed by atoms with Gasteiger partial charge in [-0.2, -0.15) is 8.78 Å². The number of ether oxygens (including phenoxy) is 1. The fourth-order valence-electron chi connectivity index (χ4n) is 3.61. The van der Waals surface area contributed by atoms with Crippen LogP contribution >= 0.6 is 69.8 Å². The van der Waals surface area contributed by atoms with Crippen molar-refractivity contribution in [3.05, 3.63) is 91.7 Å². The predicted molar refractivity (Wildman–Crippen MR) is 163 cm³/mol. The molecule has 0 saturated carbocycles. The van der Waals surface area contributed by atoms with E-state index in [2.05, 4.69) is 20.7 Å². The first-order chi connectivity index (χ1) is 19.3. The number of rotatable bonds is 10. The fourth-order valence-corrected chi connectivity index (χ4v) is 6.82. The fraction of sp³-hybridized carbons (Fsp3) is 0.154. The number of carbonyl (C=O) groups excluding carboxylic acids is 1. The standard InChI is InChI=1S/C26H20BrCl2F2N2O5PS2/c1-38-24(34)14-40-18-6-3-16(4-7-18)23-13-41-25(32-23)33(17-5-9-21(28)22(29)11-17)12-15-2-8-19(20(27)10-15)26(30,31)39(35,36)37/h2-11,13H,12,14H2,1H3,(H2,35,36,37). The molecule has 2 N–H and O–H groups in total. The van der Waals surface area contributed by atoms with Gasteiger partial charge in [0.15, 0.2) is 5.13 Å². The maximum Gasteiger partial charge on any atom is 0.399 e. The van der Waals surface area contributed by atoms with Crippen LogP contribution in [0.25, 0.3) is 11.3 Å². The number of benzene rings is 3. The summed E-state index contributed by atoms with van der Waals surface area (Å²) in [7, 11) is -4.40. The van der Waals surface area contributed by atoms with E-state index in [1.54, 1.807) is 18.2 Å². The highest BCUT2D eigenvalue weighted by atomic mass is 79.9. The highest BCUT2D eigenvalue weighted by Gasteiger charge is 2.51. The zero-order valence-corrected chi connectivity index (χ0v) is 26.6. The number of hydrogen-bond acceptors (Lipinski definition) is 7. The van der Waals surface area contributed by atoms with Gasteiger partial charge in [-0.3, -0.25) is 9.36 Å². The van der Waals surface area contributed by atoms with Crippen LogP contribution in [-0.4, -0.2) is 33.6 Å². The van der Waals surface area contributed by atoms with E-state index in [0.29, 0.717) is 32.1 Å². The molecule has 0 saturated heterocycles. The zero-order chi connectivity index (χ0) is 29.9. The van der Waals surface area contributed by atoms with Crippen LogP contribution in [0.4, 0.5) is 19.6 Å². The first-order valence-electron chi connectivity index (χ1n) is 11.5. The van der Waals surface area contributed by atoms with Crippen molar-refractivity contribution in [2.75, 3.05) is 17.8 Å². The molecule has 3 aromatic carbocycles. The lowest BCUT2D eigenvalue weighted by Gasteiger charge is -2.24. The molecule has 0 amide bonds. The van der Waals surface area contributed by atoms with Gasteiger partial charge in [-0.05, 0) is 42.0 Å². The smallest absolute Gasteiger partial charge is 0.399 e. The highest BCUT2D eigenvalue weighted by Crippen LogP contribution is 2.60. The summed E-state index contributed by atoms with van der Waals surface area (Å²) < 4.78 is 44.6. The average Bonchev–Trinajstić information content (AvgIpc) is 3.41. The molecule has 7 nitrogen and oxygen atoms in total. The van der Waals surface area contributed by atoms with Crippen LogP contribution in [0.1, 0.15) is 11.1 Å². The summed E-state index contributed by atoms with van der Waals surface area (Å²) in [6, 6.07) is 16.3. The third-order valence-corrected chi connectivity index (χ3v) is 9.95. The van der Waals surface area contributed by atoms with Crippen molar-refractivity contribution in [2.24, 2.45) is 0 Å². The van der Waals surface area contributed by atoms with E-state index >= 15 is 0 Å². The second kappa shape index (κ2) is 13.1. The third-order valence-electron chi connectivity index (χ3n) is 5.74. The van der Waals surface area contributed by atoms with Gasteiger partial charge in [-0.25, -0.2) is 4.98 Å². The lowest BCUT2D eigenvalue weighted by Crippen LogP contribution is -2.18. The Morgan fingerprint density at radius 3 is 2.44 bits per heavy atom. The third kappa shape index (κ3) is 7.50. The molecule has 0 spiro atoms. The van der Waals surface area contributed by atoms with Gasteiger partial charge in [0.2, 0.25) is 0 Å². The van der Waals surface area contributed by atoms with Gasteiger partial charge in [-0.1, -0.05) is 63.4 Å². The maximum atomic E-state index is 14.4. The van der Waals surface area contributed by atoms with E-state index in [1.807, 2.05) is 34.5 Å². The number of methoxy groups -OCH3 is 1. The Labute approximate surface area is 260 Å². The molecule has 1 aromatic heterocycles. The van der Waals surface area contributed by atoms with Crippen molar-refractivity contribution < 1.29 is 32.7 Å². The molecule has 0 radical (unpaired) electrons. The molecule has 0 unspecified atom stereocenters. The van der Waals surface area contributed by atoms with Gasteiger partial charge in [0.25, 0.3) is 0 Å². The van der Waals surface area contributed by atoms with Crippen LogP contribution in [-0.2, 0) is 26.3 Å². The van der Waals surface area contributed by atoms with E-state index in [9.17, 15) is 18.1 Å². The molecule has 0 aliphatic heterocycles. The second-order valence-corrected chi connectivity index (χ2v) is 13.7. The zero-order valence-electron chi connectivity index (χ0n) is 20.9. The minimum absolute atomic E-state index is 0.151. The Hall–Kier alpha value is -2.02. The molecule has 1 heterocycles. The SMILES string of the molecule is COC(=O)CSc1ccc(-c2csc(N(Cc3ccc(C(F)(F)P(=O)(O)O)c(Br)c3)c3ccc(Cl)c(Cl)c3)n2)cc1. The summed E-state index contributed by atoms with van der Waals surface area (Å²) in [4.78, 5) is 37.2. The molecule has 216 valence electrons. The highest BCUT2D eigenvalue weighted by molar-refractivity contribution is 9.10. The molecular formula is C26H20BrCl2F2N2O5PS2. The second-order valence-electron chi connectivity index (χ2n) is 8.49. The number of aromatic nitrogens is 1. The molecule has 0 bridgehead atoms. The molecule has 0 atom stereocenters. The van der Waals surface area contributed by atoms with Crippen molar-refractivity contribution >= 4 is 86.6 Å². The van der Waals surface area contributed by atoms with Gasteiger partial charge in [0.1, 0.15) is 0 Å². The molecule has 0 aliphatic carbocycles. The monoisotopic (exact) mass is 722 g/mol. The molecule has 4 rings (SSSR count). The minimum Gasteiger partial charge on any atom is -0.468 e. The molecule has 15 heteroatoms. The summed E-state index contributed by atoms with van der Waals surface area (Å²) in [5.41, 5.74) is -2.45. The topological polar surface area (TPSA) is 100.0 Å². The average molecular weight is 724 g/mol. The summed E-state index contributed by atoms with van der Waals surface area (Å²) in [5.74, 6) is -0.119. The Morgan fingerprint density at radius 1 is 1.12 bits per heavy atom. The number of thiazole rings is 1. The van der Waals surface area contributed by atoms with E-state index in [4.69, 9.17) is 38.0 Å². The van der Waals surface area contributed by atoms with Crippen LogP contribution in [0.15, 0.2) is 75.4 Å². The Balaban J connectivity index is 1.65. The van der Waals surface area contributed by atoms with Crippen molar-refractivity contribution in [3.8, 4) is 11.3 Å². The first-order valence-corrected chi connectivity index (χ1v) is 16.5.